The lowest BCUT2D eigenvalue weighted by molar-refractivity contribution is -0.159. The van der Waals surface area contributed by atoms with Gasteiger partial charge in [0.25, 0.3) is 0 Å². The largest absolute Gasteiger partial charge is 0.463 e. The van der Waals surface area contributed by atoms with Gasteiger partial charge in [0, 0.05) is 6.42 Å². The van der Waals surface area contributed by atoms with Crippen LogP contribution >= 0.6 is 0 Å². The SMILES string of the molecule is CCC(=O)O[C@H]1[C@@H](O)[C@](C#N)(c2ccc3c(N)ncnn23)O[C@@H]1COC(=O)Cc1ccccc1. The number of aliphatic hydroxyl groups is 1. The average Bonchev–Trinajstić information content (AvgIpc) is 3.39. The van der Waals surface area contributed by atoms with Crippen LogP contribution in [-0.2, 0) is 35.8 Å². The predicted octanol–water partition coefficient (Wildman–Crippen LogP) is 0.898. The Morgan fingerprint density at radius 1 is 1.26 bits per heavy atom. The molecule has 34 heavy (non-hydrogen) atoms. The Hall–Kier alpha value is -4.01. The van der Waals surface area contributed by atoms with Crippen LogP contribution in [0.2, 0.25) is 0 Å². The van der Waals surface area contributed by atoms with Crippen LogP contribution in [0.15, 0.2) is 48.8 Å². The van der Waals surface area contributed by atoms with E-state index in [1.165, 1.54) is 16.9 Å². The first-order valence-electron chi connectivity index (χ1n) is 10.6. The number of nitriles is 1. The third kappa shape index (κ3) is 4.16. The van der Waals surface area contributed by atoms with E-state index in [9.17, 15) is 20.0 Å². The molecule has 1 aromatic carbocycles. The lowest BCUT2D eigenvalue weighted by Crippen LogP contribution is -2.43. The van der Waals surface area contributed by atoms with Crippen LogP contribution in [-0.4, -0.2) is 56.6 Å². The molecule has 4 rings (SSSR count). The molecule has 3 heterocycles. The molecule has 0 aliphatic carbocycles. The van der Waals surface area contributed by atoms with Crippen molar-refractivity contribution in [3.63, 3.8) is 0 Å². The second kappa shape index (κ2) is 9.46. The summed E-state index contributed by atoms with van der Waals surface area (Å²) in [5.41, 5.74) is 5.25. The maximum absolute atomic E-state index is 12.4. The topological polar surface area (TPSA) is 162 Å². The molecule has 1 aliphatic heterocycles. The zero-order valence-corrected chi connectivity index (χ0v) is 18.3. The number of nitrogens with zero attached hydrogens (tertiary/aromatic N) is 4. The molecule has 3 N–H and O–H groups in total. The zero-order valence-electron chi connectivity index (χ0n) is 18.3. The number of carbonyl (C=O) groups is 2. The fraction of sp³-hybridized carbons (Fsp3) is 0.348. The average molecular weight is 465 g/mol. The van der Waals surface area contributed by atoms with E-state index in [0.29, 0.717) is 5.52 Å². The molecule has 2 aromatic heterocycles. The fourth-order valence-corrected chi connectivity index (χ4v) is 3.90. The Labute approximate surface area is 194 Å². The van der Waals surface area contributed by atoms with E-state index in [0.717, 1.165) is 5.56 Å². The van der Waals surface area contributed by atoms with Crippen molar-refractivity contribution in [3.05, 3.63) is 60.0 Å². The van der Waals surface area contributed by atoms with Gasteiger partial charge in [0.05, 0.1) is 12.1 Å². The van der Waals surface area contributed by atoms with E-state index in [4.69, 9.17) is 19.9 Å². The number of benzene rings is 1. The van der Waals surface area contributed by atoms with Crippen molar-refractivity contribution < 1.29 is 28.9 Å². The number of carbonyl (C=O) groups excluding carboxylic acids is 2. The number of nitrogens with two attached hydrogens (primary N) is 1. The maximum Gasteiger partial charge on any atom is 0.310 e. The minimum Gasteiger partial charge on any atom is -0.463 e. The first-order valence-corrected chi connectivity index (χ1v) is 10.6. The van der Waals surface area contributed by atoms with Gasteiger partial charge in [-0.2, -0.15) is 10.4 Å². The normalized spacial score (nSPS) is 24.0. The molecule has 0 amide bonds. The molecule has 1 fully saturated rings. The number of aliphatic hydroxyl groups excluding tert-OH is 1. The van der Waals surface area contributed by atoms with Gasteiger partial charge in [0.2, 0.25) is 5.60 Å². The number of anilines is 1. The van der Waals surface area contributed by atoms with Gasteiger partial charge in [-0.25, -0.2) is 9.50 Å². The summed E-state index contributed by atoms with van der Waals surface area (Å²) in [7, 11) is 0. The number of rotatable bonds is 7. The number of esters is 2. The number of fused-ring (bicyclic) bond motifs is 1. The Kier molecular flexibility index (Phi) is 6.45. The van der Waals surface area contributed by atoms with Crippen molar-refractivity contribution >= 4 is 23.3 Å². The fourth-order valence-electron chi connectivity index (χ4n) is 3.90. The monoisotopic (exact) mass is 465 g/mol. The van der Waals surface area contributed by atoms with Crippen LogP contribution in [0.4, 0.5) is 5.82 Å². The van der Waals surface area contributed by atoms with Gasteiger partial charge in [-0.05, 0) is 17.7 Å². The highest BCUT2D eigenvalue weighted by molar-refractivity contribution is 5.72. The van der Waals surface area contributed by atoms with E-state index in [1.54, 1.807) is 37.3 Å². The molecule has 0 unspecified atom stereocenters. The Morgan fingerprint density at radius 3 is 2.74 bits per heavy atom. The van der Waals surface area contributed by atoms with Gasteiger partial charge in [0.1, 0.15) is 36.7 Å². The highest BCUT2D eigenvalue weighted by atomic mass is 16.6. The van der Waals surface area contributed by atoms with Crippen LogP contribution in [0.3, 0.4) is 0 Å². The molecule has 176 valence electrons. The third-order valence-corrected chi connectivity index (χ3v) is 5.62. The molecule has 0 saturated carbocycles. The predicted molar refractivity (Wildman–Crippen MR) is 117 cm³/mol. The molecule has 11 nitrogen and oxygen atoms in total. The van der Waals surface area contributed by atoms with Crippen molar-refractivity contribution in [1.82, 2.24) is 14.6 Å². The Morgan fingerprint density at radius 2 is 2.03 bits per heavy atom. The molecule has 1 saturated heterocycles. The summed E-state index contributed by atoms with van der Waals surface area (Å²) in [4.78, 5) is 28.3. The van der Waals surface area contributed by atoms with Gasteiger partial charge in [-0.1, -0.05) is 37.3 Å². The smallest absolute Gasteiger partial charge is 0.310 e. The minimum absolute atomic E-state index is 0.0262. The lowest BCUT2D eigenvalue weighted by Gasteiger charge is -2.24. The van der Waals surface area contributed by atoms with Gasteiger partial charge in [-0.15, -0.1) is 0 Å². The van der Waals surface area contributed by atoms with Gasteiger partial charge < -0.3 is 25.1 Å². The van der Waals surface area contributed by atoms with Gasteiger partial charge >= 0.3 is 11.9 Å². The van der Waals surface area contributed by atoms with Crippen LogP contribution in [0.1, 0.15) is 24.6 Å². The highest BCUT2D eigenvalue weighted by Gasteiger charge is 2.60. The molecule has 0 spiro atoms. The summed E-state index contributed by atoms with van der Waals surface area (Å²) >= 11 is 0. The quantitative estimate of drug-likeness (QED) is 0.479. The number of hydrogen-bond donors (Lipinski definition) is 2. The second-order valence-electron chi connectivity index (χ2n) is 7.76. The Bertz CT molecular complexity index is 1240. The molecular formula is C23H23N5O6. The molecule has 4 atom stereocenters. The van der Waals surface area contributed by atoms with E-state index < -0.39 is 35.9 Å². The number of hydrogen-bond acceptors (Lipinski definition) is 10. The Balaban J connectivity index is 1.61. The van der Waals surface area contributed by atoms with Crippen LogP contribution in [0.5, 0.6) is 0 Å². The van der Waals surface area contributed by atoms with E-state index >= 15 is 0 Å². The zero-order chi connectivity index (χ0) is 24.3. The first-order chi connectivity index (χ1) is 16.4. The second-order valence-corrected chi connectivity index (χ2v) is 7.76. The van der Waals surface area contributed by atoms with Crippen LogP contribution in [0.25, 0.3) is 5.52 Å². The van der Waals surface area contributed by atoms with Crippen molar-refractivity contribution in [2.75, 3.05) is 12.3 Å². The summed E-state index contributed by atoms with van der Waals surface area (Å²) in [6.07, 6.45) is -2.69. The summed E-state index contributed by atoms with van der Waals surface area (Å²) in [6.45, 7) is 1.26. The van der Waals surface area contributed by atoms with Crippen molar-refractivity contribution in [3.8, 4) is 6.07 Å². The number of nitrogen functional groups attached to an aromatic ring is 1. The number of aromatic nitrogens is 3. The van der Waals surface area contributed by atoms with Crippen LogP contribution < -0.4 is 5.73 Å². The summed E-state index contributed by atoms with van der Waals surface area (Å²) < 4.78 is 18.1. The highest BCUT2D eigenvalue weighted by Crippen LogP contribution is 2.41. The minimum atomic E-state index is -1.97. The van der Waals surface area contributed by atoms with Gasteiger partial charge in [-0.3, -0.25) is 9.59 Å². The van der Waals surface area contributed by atoms with Crippen LogP contribution in [0, 0.1) is 11.3 Å². The summed E-state index contributed by atoms with van der Waals surface area (Å²) in [6, 6.07) is 14.1. The standard InChI is InChI=1S/C23H23N5O6/c1-2-18(29)33-20-16(11-32-19(30)10-14-6-4-3-5-7-14)34-23(12-24,21(20)31)17-9-8-15-22(25)26-13-27-28(15)17/h3-9,13,16,20-21,31H,2,10-11H2,1H3,(H2,25,26,27)/t16-,20-,21-,23+/m1/s1. The summed E-state index contributed by atoms with van der Waals surface area (Å²) in [5, 5.41) is 25.4. The molecule has 0 bridgehead atoms. The summed E-state index contributed by atoms with van der Waals surface area (Å²) in [5.74, 6) is -0.969. The maximum atomic E-state index is 12.4. The molecule has 1 aliphatic rings. The lowest BCUT2D eigenvalue weighted by atomic mass is 9.92. The van der Waals surface area contributed by atoms with Crippen molar-refractivity contribution in [1.29, 1.82) is 5.26 Å². The van der Waals surface area contributed by atoms with E-state index in [2.05, 4.69) is 10.1 Å². The van der Waals surface area contributed by atoms with Gasteiger partial charge in [0.15, 0.2) is 11.9 Å². The first kappa shape index (κ1) is 23.2. The van der Waals surface area contributed by atoms with Crippen molar-refractivity contribution in [2.45, 2.75) is 43.7 Å². The third-order valence-electron chi connectivity index (χ3n) is 5.62. The molecule has 3 aromatic rings. The molecule has 0 radical (unpaired) electrons. The van der Waals surface area contributed by atoms with Crippen molar-refractivity contribution in [2.24, 2.45) is 0 Å². The number of ether oxygens (including phenoxy) is 3. The van der Waals surface area contributed by atoms with E-state index in [-0.39, 0.29) is 31.0 Å². The molecule has 11 heteroatoms. The molecular weight excluding hydrogens is 442 g/mol. The van der Waals surface area contributed by atoms with E-state index in [1.807, 2.05) is 12.1 Å².